The molecule has 0 aromatic carbocycles. The van der Waals surface area contributed by atoms with Crippen molar-refractivity contribution in [2.45, 2.75) is 46.0 Å². The minimum absolute atomic E-state index is 0.00824. The van der Waals surface area contributed by atoms with Crippen molar-refractivity contribution in [1.29, 1.82) is 0 Å². The number of rotatable bonds is 5. The van der Waals surface area contributed by atoms with E-state index in [4.69, 9.17) is 0 Å². The summed E-state index contributed by atoms with van der Waals surface area (Å²) in [5, 5.41) is 7.08. The smallest absolute Gasteiger partial charge is 0.357 e. The summed E-state index contributed by atoms with van der Waals surface area (Å²) >= 11 is 0.906. The first-order valence-electron chi connectivity index (χ1n) is 7.74. The SMILES string of the molecule is CCNC(=NCc1nc(C(F)(F)F)cs1)N(C)CC(=O)NC(C)(C)C. The topological polar surface area (TPSA) is 69.6 Å². The highest BCUT2D eigenvalue weighted by Crippen LogP contribution is 2.30. The molecule has 1 rings (SSSR count). The van der Waals surface area contributed by atoms with Crippen LogP contribution in [-0.2, 0) is 17.5 Å². The third-order valence-corrected chi connectivity index (χ3v) is 3.63. The number of halogens is 3. The van der Waals surface area contributed by atoms with Crippen molar-refractivity contribution in [3.05, 3.63) is 16.1 Å². The monoisotopic (exact) mass is 379 g/mol. The Morgan fingerprint density at radius 2 is 2.00 bits per heavy atom. The average molecular weight is 379 g/mol. The van der Waals surface area contributed by atoms with Crippen molar-refractivity contribution in [2.24, 2.45) is 4.99 Å². The van der Waals surface area contributed by atoms with E-state index in [0.717, 1.165) is 16.7 Å². The molecule has 142 valence electrons. The van der Waals surface area contributed by atoms with Crippen LogP contribution in [0.4, 0.5) is 13.2 Å². The molecule has 2 N–H and O–H groups in total. The lowest BCUT2D eigenvalue weighted by Gasteiger charge is -2.25. The predicted molar refractivity (Wildman–Crippen MR) is 92.5 cm³/mol. The Balaban J connectivity index is 2.76. The number of likely N-dealkylation sites (N-methyl/N-ethyl adjacent to an activating group) is 1. The molecule has 1 aromatic rings. The van der Waals surface area contributed by atoms with Crippen LogP contribution >= 0.6 is 11.3 Å². The van der Waals surface area contributed by atoms with Gasteiger partial charge < -0.3 is 15.5 Å². The van der Waals surface area contributed by atoms with Gasteiger partial charge in [0.05, 0.1) is 13.1 Å². The maximum absolute atomic E-state index is 12.6. The molecule has 0 unspecified atom stereocenters. The van der Waals surface area contributed by atoms with Gasteiger partial charge in [-0.05, 0) is 27.7 Å². The maximum atomic E-state index is 12.6. The number of nitrogens with zero attached hydrogens (tertiary/aromatic N) is 3. The first-order chi connectivity index (χ1) is 11.4. The van der Waals surface area contributed by atoms with Crippen LogP contribution in [0.2, 0.25) is 0 Å². The molecule has 1 aromatic heterocycles. The van der Waals surface area contributed by atoms with E-state index in [1.807, 2.05) is 27.7 Å². The molecule has 0 spiro atoms. The number of guanidine groups is 1. The fraction of sp³-hybridized carbons (Fsp3) is 0.667. The molecule has 0 aliphatic rings. The van der Waals surface area contributed by atoms with E-state index < -0.39 is 11.9 Å². The third kappa shape index (κ3) is 7.72. The van der Waals surface area contributed by atoms with E-state index in [1.54, 1.807) is 11.9 Å². The van der Waals surface area contributed by atoms with E-state index >= 15 is 0 Å². The number of hydrogen-bond acceptors (Lipinski definition) is 4. The zero-order chi connectivity index (χ0) is 19.3. The zero-order valence-electron chi connectivity index (χ0n) is 15.0. The number of carbonyl (C=O) groups excluding carboxylic acids is 1. The number of nitrogens with one attached hydrogen (secondary N) is 2. The summed E-state index contributed by atoms with van der Waals surface area (Å²) in [5.74, 6) is 0.254. The maximum Gasteiger partial charge on any atom is 0.434 e. The van der Waals surface area contributed by atoms with E-state index in [-0.39, 0.29) is 29.5 Å². The molecular formula is C15H24F3N5OS. The van der Waals surface area contributed by atoms with Crippen LogP contribution in [0.3, 0.4) is 0 Å². The zero-order valence-corrected chi connectivity index (χ0v) is 15.8. The molecule has 0 bridgehead atoms. The molecular weight excluding hydrogens is 355 g/mol. The summed E-state index contributed by atoms with van der Waals surface area (Å²) < 4.78 is 37.7. The summed E-state index contributed by atoms with van der Waals surface area (Å²) in [5.41, 5.74) is -1.26. The van der Waals surface area contributed by atoms with E-state index in [9.17, 15) is 18.0 Å². The quantitative estimate of drug-likeness (QED) is 0.609. The van der Waals surface area contributed by atoms with Gasteiger partial charge in [-0.1, -0.05) is 0 Å². The van der Waals surface area contributed by atoms with Gasteiger partial charge in [-0.25, -0.2) is 9.98 Å². The van der Waals surface area contributed by atoms with Gasteiger partial charge in [0.25, 0.3) is 0 Å². The van der Waals surface area contributed by atoms with Gasteiger partial charge in [0.2, 0.25) is 5.91 Å². The number of aromatic nitrogens is 1. The van der Waals surface area contributed by atoms with Crippen molar-refractivity contribution >= 4 is 23.2 Å². The summed E-state index contributed by atoms with van der Waals surface area (Å²) in [6.07, 6.45) is -4.45. The van der Waals surface area contributed by atoms with Crippen molar-refractivity contribution in [1.82, 2.24) is 20.5 Å². The fourth-order valence-electron chi connectivity index (χ4n) is 1.87. The van der Waals surface area contributed by atoms with E-state index in [2.05, 4.69) is 20.6 Å². The molecule has 6 nitrogen and oxygen atoms in total. The highest BCUT2D eigenvalue weighted by Gasteiger charge is 2.33. The molecule has 1 heterocycles. The lowest BCUT2D eigenvalue weighted by molar-refractivity contribution is -0.140. The predicted octanol–water partition coefficient (Wildman–Crippen LogP) is 2.47. The summed E-state index contributed by atoms with van der Waals surface area (Å²) in [7, 11) is 1.69. The molecule has 0 saturated carbocycles. The second-order valence-electron chi connectivity index (χ2n) is 6.45. The van der Waals surface area contributed by atoms with Crippen molar-refractivity contribution in [3.8, 4) is 0 Å². The van der Waals surface area contributed by atoms with Gasteiger partial charge in [0.1, 0.15) is 5.01 Å². The lowest BCUT2D eigenvalue weighted by atomic mass is 10.1. The van der Waals surface area contributed by atoms with Crippen LogP contribution in [0, 0.1) is 0 Å². The number of amides is 1. The molecule has 0 aliphatic heterocycles. The number of carbonyl (C=O) groups is 1. The number of alkyl halides is 3. The Labute approximate surface area is 149 Å². The second kappa shape index (κ2) is 8.50. The molecule has 0 fully saturated rings. The van der Waals surface area contributed by atoms with Crippen LogP contribution in [0.15, 0.2) is 10.4 Å². The highest BCUT2D eigenvalue weighted by molar-refractivity contribution is 7.09. The molecule has 0 aliphatic carbocycles. The summed E-state index contributed by atoms with van der Waals surface area (Å²) in [6.45, 7) is 8.16. The number of thiazole rings is 1. The van der Waals surface area contributed by atoms with Gasteiger partial charge in [-0.3, -0.25) is 4.79 Å². The Hall–Kier alpha value is -1.84. The Bertz CT molecular complexity index is 607. The van der Waals surface area contributed by atoms with Crippen LogP contribution in [-0.4, -0.2) is 47.4 Å². The van der Waals surface area contributed by atoms with Gasteiger partial charge in [0, 0.05) is 24.5 Å². The molecule has 0 atom stereocenters. The van der Waals surface area contributed by atoms with Gasteiger partial charge >= 0.3 is 6.18 Å². The minimum atomic E-state index is -4.45. The van der Waals surface area contributed by atoms with Crippen LogP contribution in [0.1, 0.15) is 38.4 Å². The average Bonchev–Trinajstić information content (AvgIpc) is 2.89. The molecule has 0 saturated heterocycles. The van der Waals surface area contributed by atoms with Crippen molar-refractivity contribution in [3.63, 3.8) is 0 Å². The molecule has 25 heavy (non-hydrogen) atoms. The summed E-state index contributed by atoms with van der Waals surface area (Å²) in [4.78, 5) is 21.4. The van der Waals surface area contributed by atoms with Gasteiger partial charge in [0.15, 0.2) is 11.7 Å². The molecule has 1 amide bonds. The van der Waals surface area contributed by atoms with Gasteiger partial charge in [-0.15, -0.1) is 11.3 Å². The Morgan fingerprint density at radius 3 is 2.48 bits per heavy atom. The van der Waals surface area contributed by atoms with Gasteiger partial charge in [-0.2, -0.15) is 13.2 Å². The lowest BCUT2D eigenvalue weighted by Crippen LogP contribution is -2.48. The first kappa shape index (κ1) is 21.2. The summed E-state index contributed by atoms with van der Waals surface area (Å²) in [6, 6.07) is 0. The molecule has 0 radical (unpaired) electrons. The standard InChI is InChI=1S/C15H24F3N5OS/c1-6-19-13(23(5)8-11(24)22-14(2,3)4)20-7-12-21-10(9-25-12)15(16,17)18/h9H,6-8H2,1-5H3,(H,19,20)(H,22,24). The van der Waals surface area contributed by atoms with Crippen LogP contribution in [0.25, 0.3) is 0 Å². The van der Waals surface area contributed by atoms with Crippen LogP contribution < -0.4 is 10.6 Å². The second-order valence-corrected chi connectivity index (χ2v) is 7.39. The largest absolute Gasteiger partial charge is 0.434 e. The Morgan fingerprint density at radius 1 is 1.36 bits per heavy atom. The number of aliphatic imine (C=N–C) groups is 1. The number of hydrogen-bond donors (Lipinski definition) is 2. The van der Waals surface area contributed by atoms with E-state index in [1.165, 1.54) is 0 Å². The molecule has 10 heteroatoms. The third-order valence-electron chi connectivity index (χ3n) is 2.80. The minimum Gasteiger partial charge on any atom is -0.357 e. The Kier molecular flexibility index (Phi) is 7.21. The highest BCUT2D eigenvalue weighted by atomic mass is 32.1. The van der Waals surface area contributed by atoms with Crippen molar-refractivity contribution < 1.29 is 18.0 Å². The van der Waals surface area contributed by atoms with E-state index in [0.29, 0.717) is 12.5 Å². The first-order valence-corrected chi connectivity index (χ1v) is 8.62. The van der Waals surface area contributed by atoms with Crippen LogP contribution in [0.5, 0.6) is 0 Å². The van der Waals surface area contributed by atoms with Crippen molar-refractivity contribution in [2.75, 3.05) is 20.1 Å². The fourth-order valence-corrected chi connectivity index (χ4v) is 2.60. The normalized spacial score (nSPS) is 12.9.